The summed E-state index contributed by atoms with van der Waals surface area (Å²) in [5, 5.41) is 0.147. The predicted octanol–water partition coefficient (Wildman–Crippen LogP) is 1.92. The topological polar surface area (TPSA) is 137 Å². The number of halogens is 3. The minimum atomic E-state index is -6.09. The Bertz CT molecular complexity index is 1070. The molecule has 0 spiro atoms. The first-order valence-corrected chi connectivity index (χ1v) is 14.9. The number of hydrogen-bond donors (Lipinski definition) is 1. The van der Waals surface area contributed by atoms with Crippen molar-refractivity contribution in [3.8, 4) is 6.01 Å². The van der Waals surface area contributed by atoms with Crippen LogP contribution in [0.4, 0.5) is 13.2 Å². The Kier molecular flexibility index (Phi) is 7.90. The van der Waals surface area contributed by atoms with Crippen molar-refractivity contribution in [2.75, 3.05) is 12.4 Å². The Morgan fingerprint density at radius 3 is 2.35 bits per heavy atom. The van der Waals surface area contributed by atoms with Crippen molar-refractivity contribution in [2.24, 2.45) is 5.92 Å². The second kappa shape index (κ2) is 9.41. The van der Waals surface area contributed by atoms with Crippen molar-refractivity contribution in [2.45, 2.75) is 83.1 Å². The molecule has 1 aromatic rings. The Labute approximate surface area is 197 Å². The Hall–Kier alpha value is -1.68. The quantitative estimate of drug-likeness (QED) is 0.200. The Morgan fingerprint density at radius 1 is 1.35 bits per heavy atom. The van der Waals surface area contributed by atoms with E-state index in [4.69, 9.17) is 32.7 Å². The molecule has 10 nitrogen and oxygen atoms in total. The standard InChI is InChI=1S/C18H32N3O4Si.CHF3O3S/c1-11(2)18(4,5)26(6,7)23-10-14-13-8-15(24-14)20-9-12(3)16(22)21(19)17(20)25-13;2-1(3,4)8(5,6)7/h9,11,13-15H,8,10,19H2,1-7H3;(H,5,6,7)/q+1;/p-1/t13-,14-,15-;/m1./s1. The van der Waals surface area contributed by atoms with Gasteiger partial charge in [0.15, 0.2) is 18.4 Å². The van der Waals surface area contributed by atoms with Crippen LogP contribution in [-0.2, 0) is 19.3 Å². The van der Waals surface area contributed by atoms with Crippen LogP contribution in [0.1, 0.15) is 45.9 Å². The molecule has 3 atom stereocenters. The lowest BCUT2D eigenvalue weighted by molar-refractivity contribution is -0.770. The van der Waals surface area contributed by atoms with Gasteiger partial charge in [-0.05, 0) is 31.0 Å². The number of aryl methyl sites for hydroxylation is 1. The summed E-state index contributed by atoms with van der Waals surface area (Å²) in [7, 11) is -8.03. The van der Waals surface area contributed by atoms with Gasteiger partial charge in [0.25, 0.3) is 0 Å². The molecule has 34 heavy (non-hydrogen) atoms. The Balaban J connectivity index is 0.000000440. The van der Waals surface area contributed by atoms with Gasteiger partial charge in [-0.3, -0.25) is 5.84 Å². The van der Waals surface area contributed by atoms with Gasteiger partial charge in [0.05, 0.1) is 18.6 Å². The highest BCUT2D eigenvalue weighted by Crippen LogP contribution is 2.45. The highest BCUT2D eigenvalue weighted by molar-refractivity contribution is 7.86. The molecule has 1 saturated heterocycles. The zero-order chi connectivity index (χ0) is 26.4. The van der Waals surface area contributed by atoms with E-state index in [1.54, 1.807) is 13.1 Å². The second-order valence-electron chi connectivity index (χ2n) is 9.80. The molecular weight excluding hydrogens is 499 g/mol. The predicted molar refractivity (Wildman–Crippen MR) is 117 cm³/mol. The SMILES string of the molecule is Cc1c[n+]2c(n(N)c1=O)O[C@@H]1C[C@H]2O[C@@H]1CO[Si](C)(C)C(C)(C)C(C)C.O=S(=O)([O-])C(F)(F)F. The molecule has 0 radical (unpaired) electrons. The summed E-state index contributed by atoms with van der Waals surface area (Å²) in [6, 6.07) is 0.350. The van der Waals surface area contributed by atoms with Gasteiger partial charge in [0.2, 0.25) is 6.23 Å². The molecule has 1 aromatic heterocycles. The van der Waals surface area contributed by atoms with Crippen molar-refractivity contribution in [1.82, 2.24) is 4.68 Å². The fourth-order valence-corrected chi connectivity index (χ4v) is 5.84. The summed E-state index contributed by atoms with van der Waals surface area (Å²) >= 11 is 0. The fraction of sp³-hybridized carbons (Fsp3) is 0.789. The summed E-state index contributed by atoms with van der Waals surface area (Å²) in [5.41, 5.74) is -5.33. The lowest BCUT2D eigenvalue weighted by atomic mass is 9.99. The smallest absolute Gasteiger partial charge is 0.485 e. The van der Waals surface area contributed by atoms with E-state index in [2.05, 4.69) is 40.8 Å². The van der Waals surface area contributed by atoms with Gasteiger partial charge >= 0.3 is 17.1 Å². The number of alkyl halides is 3. The first kappa shape index (κ1) is 28.6. The number of nitrogens with two attached hydrogens (primary N) is 1. The number of nitrogen functional groups attached to an aromatic ring is 1. The number of hydrogen-bond acceptors (Lipinski definition) is 8. The van der Waals surface area contributed by atoms with Crippen molar-refractivity contribution in [3.63, 3.8) is 0 Å². The molecule has 3 heterocycles. The molecule has 2 bridgehead atoms. The number of fused-ring (bicyclic) bond motifs is 4. The van der Waals surface area contributed by atoms with E-state index >= 15 is 0 Å². The van der Waals surface area contributed by atoms with Crippen LogP contribution in [0.15, 0.2) is 11.0 Å². The third kappa shape index (κ3) is 5.58. The van der Waals surface area contributed by atoms with Crippen LogP contribution in [0.3, 0.4) is 0 Å². The molecule has 3 rings (SSSR count). The van der Waals surface area contributed by atoms with Crippen molar-refractivity contribution >= 4 is 18.4 Å². The van der Waals surface area contributed by atoms with Crippen LogP contribution in [-0.4, -0.2) is 50.3 Å². The zero-order valence-electron chi connectivity index (χ0n) is 20.2. The van der Waals surface area contributed by atoms with Gasteiger partial charge in [0.1, 0.15) is 18.4 Å². The van der Waals surface area contributed by atoms with Gasteiger partial charge in [-0.25, -0.2) is 13.2 Å². The lowest BCUT2D eigenvalue weighted by Crippen LogP contribution is -2.52. The number of ether oxygens (including phenoxy) is 2. The lowest BCUT2D eigenvalue weighted by Gasteiger charge is -2.43. The maximum absolute atomic E-state index is 12.1. The molecular formula is C19H32F3N3O7SSi. The van der Waals surface area contributed by atoms with Crippen molar-refractivity contribution < 1.29 is 44.6 Å². The van der Waals surface area contributed by atoms with E-state index in [0.717, 1.165) is 11.1 Å². The molecule has 0 unspecified atom stereocenters. The third-order valence-corrected chi connectivity index (χ3v) is 12.1. The van der Waals surface area contributed by atoms with Gasteiger partial charge in [-0.2, -0.15) is 17.7 Å². The van der Waals surface area contributed by atoms with E-state index in [-0.39, 0.29) is 29.0 Å². The Morgan fingerprint density at radius 2 is 1.88 bits per heavy atom. The zero-order valence-corrected chi connectivity index (χ0v) is 22.0. The summed E-state index contributed by atoms with van der Waals surface area (Å²) in [4.78, 5) is 12.1. The first-order chi connectivity index (χ1) is 15.2. The molecule has 0 aliphatic carbocycles. The van der Waals surface area contributed by atoms with Crippen LogP contribution in [0, 0.1) is 12.8 Å². The van der Waals surface area contributed by atoms with Crippen LogP contribution in [0.25, 0.3) is 0 Å². The molecule has 2 aliphatic heterocycles. The monoisotopic (exact) mass is 531 g/mol. The fourth-order valence-electron chi connectivity index (χ4n) is 3.50. The van der Waals surface area contributed by atoms with E-state index in [1.807, 2.05) is 4.57 Å². The van der Waals surface area contributed by atoms with Crippen molar-refractivity contribution in [1.29, 1.82) is 0 Å². The van der Waals surface area contributed by atoms with Crippen molar-refractivity contribution in [3.05, 3.63) is 22.1 Å². The average molecular weight is 532 g/mol. The first-order valence-electron chi connectivity index (χ1n) is 10.6. The maximum Gasteiger partial charge on any atom is 0.485 e. The summed E-state index contributed by atoms with van der Waals surface area (Å²) in [6.45, 7) is 15.8. The highest BCUT2D eigenvalue weighted by Gasteiger charge is 2.50. The molecule has 2 aliphatic rings. The number of aromatic nitrogens is 2. The molecule has 2 N–H and O–H groups in total. The molecule has 0 saturated carbocycles. The normalized spacial score (nSPS) is 22.6. The highest BCUT2D eigenvalue weighted by atomic mass is 32.2. The summed E-state index contributed by atoms with van der Waals surface area (Å²) in [6.07, 6.45) is 2.01. The van der Waals surface area contributed by atoms with E-state index in [1.165, 1.54) is 0 Å². The largest absolute Gasteiger partial charge is 0.741 e. The average Bonchev–Trinajstić information content (AvgIpc) is 3.01. The molecule has 0 amide bonds. The number of rotatable bonds is 5. The van der Waals surface area contributed by atoms with E-state index in [0.29, 0.717) is 24.1 Å². The van der Waals surface area contributed by atoms with E-state index < -0.39 is 23.9 Å². The summed E-state index contributed by atoms with van der Waals surface area (Å²) < 4.78 is 80.4. The molecule has 15 heteroatoms. The van der Waals surface area contributed by atoms with Gasteiger partial charge < -0.3 is 18.5 Å². The minimum Gasteiger partial charge on any atom is -0.741 e. The van der Waals surface area contributed by atoms with E-state index in [9.17, 15) is 18.0 Å². The minimum absolute atomic E-state index is 0.147. The van der Waals surface area contributed by atoms with Crippen LogP contribution in [0.5, 0.6) is 6.01 Å². The van der Waals surface area contributed by atoms with Gasteiger partial charge in [-0.15, -0.1) is 0 Å². The van der Waals surface area contributed by atoms with Gasteiger partial charge in [-0.1, -0.05) is 32.4 Å². The molecule has 196 valence electrons. The third-order valence-electron chi connectivity index (χ3n) is 6.95. The van der Waals surface area contributed by atoms with Crippen LogP contribution >= 0.6 is 0 Å². The number of nitrogens with zero attached hydrogens (tertiary/aromatic N) is 2. The maximum atomic E-state index is 12.1. The summed E-state index contributed by atoms with van der Waals surface area (Å²) in [5.74, 6) is 6.45. The second-order valence-corrected chi connectivity index (χ2v) is 15.8. The molecule has 1 fully saturated rings. The van der Waals surface area contributed by atoms with Crippen LogP contribution in [0.2, 0.25) is 18.1 Å². The molecule has 0 aromatic carbocycles. The van der Waals surface area contributed by atoms with Crippen LogP contribution < -0.4 is 20.7 Å². The van der Waals surface area contributed by atoms with Gasteiger partial charge in [0, 0.05) is 0 Å².